The number of ketones is 1. The summed E-state index contributed by atoms with van der Waals surface area (Å²) in [6.45, 7) is 3.79. The standard InChI is InChI=1S/C26H24N2O6/c1-2-14-26(34-23(31)19-11-7-4-8-12-19)17-20(16-21(29)18-9-5-3-6-10-18)33-24(26)28-15-13-22(30)27-25(28)32/h2-13,15,20,24H,1,14,16-17H2,(H,27,30,32)/t20?,24?,26-/m1/s1. The number of hydrogen-bond donors (Lipinski definition) is 1. The Morgan fingerprint density at radius 2 is 1.71 bits per heavy atom. The lowest BCUT2D eigenvalue weighted by Crippen LogP contribution is -2.44. The second-order valence-corrected chi connectivity index (χ2v) is 8.14. The molecule has 1 aromatic heterocycles. The van der Waals surface area contributed by atoms with Gasteiger partial charge in [0.1, 0.15) is 0 Å². The summed E-state index contributed by atoms with van der Waals surface area (Å²) < 4.78 is 13.3. The minimum Gasteiger partial charge on any atom is -0.450 e. The molecular weight excluding hydrogens is 436 g/mol. The Labute approximate surface area is 195 Å². The smallest absolute Gasteiger partial charge is 0.338 e. The summed E-state index contributed by atoms with van der Waals surface area (Å²) in [6, 6.07) is 18.4. The fourth-order valence-electron chi connectivity index (χ4n) is 4.22. The van der Waals surface area contributed by atoms with Crippen LogP contribution in [0.1, 0.15) is 46.2 Å². The number of aromatic nitrogens is 2. The van der Waals surface area contributed by atoms with Gasteiger partial charge in [-0.2, -0.15) is 0 Å². The second kappa shape index (κ2) is 9.84. The Bertz CT molecular complexity index is 1300. The Kier molecular flexibility index (Phi) is 6.70. The van der Waals surface area contributed by atoms with E-state index in [9.17, 15) is 19.2 Å². The average molecular weight is 460 g/mol. The van der Waals surface area contributed by atoms with Gasteiger partial charge in [-0.15, -0.1) is 6.58 Å². The number of nitrogens with zero attached hydrogens (tertiary/aromatic N) is 1. The predicted molar refractivity (Wildman–Crippen MR) is 125 cm³/mol. The first-order valence-electron chi connectivity index (χ1n) is 10.9. The van der Waals surface area contributed by atoms with Crippen molar-refractivity contribution in [1.82, 2.24) is 9.55 Å². The molecule has 0 bridgehead atoms. The number of nitrogens with one attached hydrogen (secondary N) is 1. The quantitative estimate of drug-likeness (QED) is 0.314. The molecule has 8 nitrogen and oxygen atoms in total. The van der Waals surface area contributed by atoms with E-state index in [1.807, 2.05) is 6.07 Å². The number of carbonyl (C=O) groups excluding carboxylic acids is 2. The number of rotatable bonds is 8. The van der Waals surface area contributed by atoms with Crippen LogP contribution in [0.4, 0.5) is 0 Å². The van der Waals surface area contributed by atoms with Crippen LogP contribution in [-0.4, -0.2) is 33.0 Å². The second-order valence-electron chi connectivity index (χ2n) is 8.14. The number of benzene rings is 2. The van der Waals surface area contributed by atoms with Crippen molar-refractivity contribution >= 4 is 11.8 Å². The third-order valence-electron chi connectivity index (χ3n) is 5.75. The van der Waals surface area contributed by atoms with Crippen molar-refractivity contribution in [2.24, 2.45) is 0 Å². The summed E-state index contributed by atoms with van der Waals surface area (Å²) in [7, 11) is 0. The first-order valence-corrected chi connectivity index (χ1v) is 10.9. The third kappa shape index (κ3) is 4.82. The van der Waals surface area contributed by atoms with Crippen LogP contribution in [0.3, 0.4) is 0 Å². The van der Waals surface area contributed by atoms with Crippen molar-refractivity contribution in [3.8, 4) is 0 Å². The van der Waals surface area contributed by atoms with E-state index >= 15 is 0 Å². The van der Waals surface area contributed by atoms with Gasteiger partial charge < -0.3 is 9.47 Å². The fourth-order valence-corrected chi connectivity index (χ4v) is 4.22. The summed E-state index contributed by atoms with van der Waals surface area (Å²) in [6.07, 6.45) is 1.51. The summed E-state index contributed by atoms with van der Waals surface area (Å²) >= 11 is 0. The topological polar surface area (TPSA) is 107 Å². The Morgan fingerprint density at radius 3 is 2.32 bits per heavy atom. The van der Waals surface area contributed by atoms with E-state index in [0.29, 0.717) is 11.1 Å². The molecule has 3 aromatic rings. The molecule has 0 saturated carbocycles. The molecule has 8 heteroatoms. The highest BCUT2D eigenvalue weighted by Gasteiger charge is 2.53. The van der Waals surface area contributed by atoms with E-state index in [1.165, 1.54) is 16.8 Å². The van der Waals surface area contributed by atoms with Gasteiger partial charge in [0.25, 0.3) is 5.56 Å². The third-order valence-corrected chi connectivity index (χ3v) is 5.75. The maximum atomic E-state index is 13.0. The Morgan fingerprint density at radius 1 is 1.06 bits per heavy atom. The van der Waals surface area contributed by atoms with Gasteiger partial charge >= 0.3 is 11.7 Å². The molecule has 2 aromatic carbocycles. The molecule has 174 valence electrons. The minimum atomic E-state index is -1.32. The number of esters is 1. The van der Waals surface area contributed by atoms with Crippen molar-refractivity contribution in [3.63, 3.8) is 0 Å². The van der Waals surface area contributed by atoms with Gasteiger partial charge in [-0.05, 0) is 12.1 Å². The van der Waals surface area contributed by atoms with Crippen LogP contribution >= 0.6 is 0 Å². The lowest BCUT2D eigenvalue weighted by atomic mass is 9.90. The maximum Gasteiger partial charge on any atom is 0.338 e. The summed E-state index contributed by atoms with van der Waals surface area (Å²) in [4.78, 5) is 52.3. The van der Waals surface area contributed by atoms with Gasteiger partial charge in [0.2, 0.25) is 0 Å². The molecule has 0 aliphatic carbocycles. The molecule has 3 atom stereocenters. The highest BCUT2D eigenvalue weighted by atomic mass is 16.6. The summed E-state index contributed by atoms with van der Waals surface area (Å²) in [5.41, 5.74) is -1.73. The molecule has 0 spiro atoms. The highest BCUT2D eigenvalue weighted by Crippen LogP contribution is 2.45. The van der Waals surface area contributed by atoms with E-state index < -0.39 is 35.2 Å². The lowest BCUT2D eigenvalue weighted by molar-refractivity contribution is -0.101. The first-order chi connectivity index (χ1) is 16.4. The van der Waals surface area contributed by atoms with Crippen LogP contribution in [0.2, 0.25) is 0 Å². The Balaban J connectivity index is 1.70. The van der Waals surface area contributed by atoms with Crippen LogP contribution in [0.15, 0.2) is 95.2 Å². The van der Waals surface area contributed by atoms with E-state index in [2.05, 4.69) is 11.6 Å². The van der Waals surface area contributed by atoms with Crippen molar-refractivity contribution in [2.75, 3.05) is 0 Å². The van der Waals surface area contributed by atoms with Crippen molar-refractivity contribution in [2.45, 2.75) is 37.2 Å². The van der Waals surface area contributed by atoms with Crippen molar-refractivity contribution in [3.05, 3.63) is 118 Å². The normalized spacial score (nSPS) is 21.6. The molecule has 0 radical (unpaired) electrons. The van der Waals surface area contributed by atoms with Crippen LogP contribution in [0.5, 0.6) is 0 Å². The highest BCUT2D eigenvalue weighted by molar-refractivity contribution is 5.96. The molecule has 1 N–H and O–H groups in total. The number of Topliss-reactive ketones (excluding diaryl/α,β-unsaturated/α-hetero) is 1. The van der Waals surface area contributed by atoms with Gasteiger partial charge in [0, 0.05) is 37.1 Å². The molecule has 34 heavy (non-hydrogen) atoms. The van der Waals surface area contributed by atoms with Crippen LogP contribution in [0.25, 0.3) is 0 Å². The molecule has 0 amide bonds. The van der Waals surface area contributed by atoms with Gasteiger partial charge in [-0.3, -0.25) is 19.1 Å². The summed E-state index contributed by atoms with van der Waals surface area (Å²) in [5, 5.41) is 0. The molecular formula is C26H24N2O6. The van der Waals surface area contributed by atoms with Gasteiger partial charge in [-0.25, -0.2) is 9.59 Å². The zero-order chi connectivity index (χ0) is 24.1. The number of carbonyl (C=O) groups is 2. The van der Waals surface area contributed by atoms with Gasteiger partial charge in [0.05, 0.1) is 11.7 Å². The van der Waals surface area contributed by atoms with Crippen LogP contribution in [0, 0.1) is 0 Å². The lowest BCUT2D eigenvalue weighted by Gasteiger charge is -2.33. The van der Waals surface area contributed by atoms with E-state index in [1.54, 1.807) is 60.7 Å². The van der Waals surface area contributed by atoms with E-state index in [4.69, 9.17) is 9.47 Å². The molecule has 1 saturated heterocycles. The van der Waals surface area contributed by atoms with Crippen LogP contribution in [-0.2, 0) is 9.47 Å². The number of hydrogen-bond acceptors (Lipinski definition) is 6. The number of aromatic amines is 1. The zero-order valence-corrected chi connectivity index (χ0v) is 18.4. The fraction of sp³-hybridized carbons (Fsp3) is 0.231. The van der Waals surface area contributed by atoms with Crippen molar-refractivity contribution < 1.29 is 19.1 Å². The largest absolute Gasteiger partial charge is 0.450 e. The van der Waals surface area contributed by atoms with Crippen LogP contribution < -0.4 is 11.2 Å². The SMILES string of the molecule is C=CC[C@@]1(OC(=O)c2ccccc2)CC(CC(=O)c2ccccc2)OC1n1ccc(=O)[nH]c1=O. The molecule has 1 aliphatic rings. The van der Waals surface area contributed by atoms with Crippen molar-refractivity contribution in [1.29, 1.82) is 0 Å². The first kappa shape index (κ1) is 23.1. The average Bonchev–Trinajstić information content (AvgIpc) is 3.17. The molecule has 2 heterocycles. The number of H-pyrrole nitrogens is 1. The van der Waals surface area contributed by atoms with E-state index in [0.717, 1.165) is 0 Å². The van der Waals surface area contributed by atoms with Gasteiger partial charge in [-0.1, -0.05) is 54.6 Å². The molecule has 1 aliphatic heterocycles. The summed E-state index contributed by atoms with van der Waals surface area (Å²) in [5.74, 6) is -0.731. The monoisotopic (exact) mass is 460 g/mol. The zero-order valence-electron chi connectivity index (χ0n) is 18.4. The number of ether oxygens (including phenoxy) is 2. The molecule has 1 fully saturated rings. The molecule has 2 unspecified atom stereocenters. The predicted octanol–water partition coefficient (Wildman–Crippen LogP) is 3.27. The maximum absolute atomic E-state index is 13.0. The Hall–Kier alpha value is -4.04. The van der Waals surface area contributed by atoms with E-state index in [-0.39, 0.29) is 25.0 Å². The van der Waals surface area contributed by atoms with Gasteiger partial charge in [0.15, 0.2) is 17.6 Å². The molecule has 4 rings (SSSR count). The minimum absolute atomic E-state index is 0.0282.